The molecule has 0 bridgehead atoms. The fraction of sp³-hybridized carbons (Fsp3) is 0.435. The SMILES string of the molecule is CCC(CO)=C(CC(c1ccc(Br)cc1)C(C)(C)C)c1ccnc(C)c1. The van der Waals surface area contributed by atoms with Gasteiger partial charge in [0.2, 0.25) is 0 Å². The number of aliphatic hydroxyl groups excluding tert-OH is 1. The van der Waals surface area contributed by atoms with Crippen LogP contribution in [0.5, 0.6) is 0 Å². The molecule has 2 nitrogen and oxygen atoms in total. The molecular weight excluding hydrogens is 386 g/mol. The van der Waals surface area contributed by atoms with E-state index in [0.717, 1.165) is 28.6 Å². The van der Waals surface area contributed by atoms with Crippen molar-refractivity contribution < 1.29 is 5.11 Å². The summed E-state index contributed by atoms with van der Waals surface area (Å²) in [7, 11) is 0. The van der Waals surface area contributed by atoms with E-state index in [1.807, 2.05) is 13.1 Å². The number of hydrogen-bond donors (Lipinski definition) is 1. The van der Waals surface area contributed by atoms with Gasteiger partial charge in [-0.3, -0.25) is 4.98 Å². The number of nitrogens with zero attached hydrogens (tertiary/aromatic N) is 1. The third kappa shape index (κ3) is 5.28. The topological polar surface area (TPSA) is 33.1 Å². The predicted molar refractivity (Wildman–Crippen MR) is 114 cm³/mol. The Morgan fingerprint density at radius 1 is 1.15 bits per heavy atom. The average Bonchev–Trinajstić information content (AvgIpc) is 2.58. The highest BCUT2D eigenvalue weighted by atomic mass is 79.9. The van der Waals surface area contributed by atoms with Crippen molar-refractivity contribution >= 4 is 21.5 Å². The number of benzene rings is 1. The number of aliphatic hydroxyl groups is 1. The van der Waals surface area contributed by atoms with E-state index in [4.69, 9.17) is 0 Å². The molecule has 1 aromatic heterocycles. The van der Waals surface area contributed by atoms with Gasteiger partial charge in [0.1, 0.15) is 0 Å². The molecule has 0 saturated heterocycles. The van der Waals surface area contributed by atoms with E-state index in [-0.39, 0.29) is 12.0 Å². The van der Waals surface area contributed by atoms with Crippen molar-refractivity contribution in [3.63, 3.8) is 0 Å². The average molecular weight is 416 g/mol. The Balaban J connectivity index is 2.53. The molecule has 0 radical (unpaired) electrons. The molecule has 1 unspecified atom stereocenters. The van der Waals surface area contributed by atoms with Gasteiger partial charge in [-0.05, 0) is 77.6 Å². The first-order valence-corrected chi connectivity index (χ1v) is 10.1. The number of allylic oxidation sites excluding steroid dienone is 1. The van der Waals surface area contributed by atoms with Crippen LogP contribution in [0.15, 0.2) is 52.6 Å². The quantitative estimate of drug-likeness (QED) is 0.581. The molecule has 1 heterocycles. The van der Waals surface area contributed by atoms with Crippen LogP contribution in [0.25, 0.3) is 5.57 Å². The zero-order chi connectivity index (χ0) is 19.3. The zero-order valence-electron chi connectivity index (χ0n) is 16.5. The van der Waals surface area contributed by atoms with Crippen molar-refractivity contribution in [3.05, 3.63) is 69.5 Å². The van der Waals surface area contributed by atoms with Gasteiger partial charge in [0, 0.05) is 16.4 Å². The lowest BCUT2D eigenvalue weighted by Crippen LogP contribution is -2.19. The van der Waals surface area contributed by atoms with E-state index >= 15 is 0 Å². The lowest BCUT2D eigenvalue weighted by atomic mass is 9.72. The molecule has 3 heteroatoms. The van der Waals surface area contributed by atoms with Gasteiger partial charge in [-0.25, -0.2) is 0 Å². The van der Waals surface area contributed by atoms with Crippen molar-refractivity contribution in [1.29, 1.82) is 0 Å². The summed E-state index contributed by atoms with van der Waals surface area (Å²) in [5.74, 6) is 0.354. The lowest BCUT2D eigenvalue weighted by Gasteiger charge is -2.33. The summed E-state index contributed by atoms with van der Waals surface area (Å²) >= 11 is 3.54. The fourth-order valence-corrected chi connectivity index (χ4v) is 3.71. The third-order valence-corrected chi connectivity index (χ3v) is 5.54. The molecule has 2 aromatic rings. The molecule has 1 atom stereocenters. The molecule has 1 N–H and O–H groups in total. The largest absolute Gasteiger partial charge is 0.392 e. The second-order valence-electron chi connectivity index (χ2n) is 7.95. The highest BCUT2D eigenvalue weighted by molar-refractivity contribution is 9.10. The standard InChI is InChI=1S/C23H30BrNO/c1-6-17(15-26)21(19-11-12-25-16(2)13-19)14-22(23(3,4)5)18-7-9-20(24)10-8-18/h7-13,22,26H,6,14-15H2,1-5H3. The Labute approximate surface area is 166 Å². The fourth-order valence-electron chi connectivity index (χ4n) is 3.44. The lowest BCUT2D eigenvalue weighted by molar-refractivity contribution is 0.317. The van der Waals surface area contributed by atoms with Gasteiger partial charge in [0.15, 0.2) is 0 Å². The molecule has 0 fully saturated rings. The second-order valence-corrected chi connectivity index (χ2v) is 8.87. The Hall–Kier alpha value is -1.45. The van der Waals surface area contributed by atoms with E-state index in [0.29, 0.717) is 5.92 Å². The normalized spacial score (nSPS) is 14.1. The molecule has 0 spiro atoms. The van der Waals surface area contributed by atoms with Gasteiger partial charge in [-0.2, -0.15) is 0 Å². The van der Waals surface area contributed by atoms with Gasteiger partial charge in [-0.15, -0.1) is 0 Å². The molecular formula is C23H30BrNO. The number of aromatic nitrogens is 1. The number of halogens is 1. The summed E-state index contributed by atoms with van der Waals surface area (Å²) in [4.78, 5) is 4.34. The smallest absolute Gasteiger partial charge is 0.0647 e. The molecule has 0 aliphatic heterocycles. The maximum atomic E-state index is 9.97. The minimum absolute atomic E-state index is 0.102. The van der Waals surface area contributed by atoms with Crippen molar-refractivity contribution in [1.82, 2.24) is 4.98 Å². The van der Waals surface area contributed by atoms with E-state index in [2.05, 4.69) is 85.0 Å². The highest BCUT2D eigenvalue weighted by Crippen LogP contribution is 2.43. The van der Waals surface area contributed by atoms with Crippen LogP contribution in [0, 0.1) is 12.3 Å². The van der Waals surface area contributed by atoms with Crippen LogP contribution >= 0.6 is 15.9 Å². The summed E-state index contributed by atoms with van der Waals surface area (Å²) in [5.41, 5.74) is 5.98. The van der Waals surface area contributed by atoms with Crippen molar-refractivity contribution in [2.45, 2.75) is 53.4 Å². The summed E-state index contributed by atoms with van der Waals surface area (Å²) < 4.78 is 1.10. The molecule has 0 amide bonds. The van der Waals surface area contributed by atoms with Crippen LogP contribution in [-0.4, -0.2) is 16.7 Å². The minimum Gasteiger partial charge on any atom is -0.392 e. The molecule has 1 aromatic carbocycles. The van der Waals surface area contributed by atoms with E-state index in [9.17, 15) is 5.11 Å². The molecule has 0 aliphatic rings. The maximum absolute atomic E-state index is 9.97. The summed E-state index contributed by atoms with van der Waals surface area (Å²) in [6, 6.07) is 12.8. The second kappa shape index (κ2) is 8.96. The molecule has 0 aliphatic carbocycles. The Bertz CT molecular complexity index is 751. The Morgan fingerprint density at radius 3 is 2.31 bits per heavy atom. The van der Waals surface area contributed by atoms with Gasteiger partial charge in [-0.1, -0.05) is 55.8 Å². The number of hydrogen-bond acceptors (Lipinski definition) is 2. The van der Waals surface area contributed by atoms with E-state index in [1.54, 1.807) is 0 Å². The molecule has 2 rings (SSSR count). The van der Waals surface area contributed by atoms with Crippen LogP contribution in [0.3, 0.4) is 0 Å². The first-order chi connectivity index (χ1) is 12.3. The summed E-state index contributed by atoms with van der Waals surface area (Å²) in [6.07, 6.45) is 3.61. The van der Waals surface area contributed by atoms with Gasteiger partial charge in [0.25, 0.3) is 0 Å². The van der Waals surface area contributed by atoms with E-state index < -0.39 is 0 Å². The third-order valence-electron chi connectivity index (χ3n) is 5.02. The summed E-state index contributed by atoms with van der Waals surface area (Å²) in [5, 5.41) is 9.97. The molecule has 26 heavy (non-hydrogen) atoms. The van der Waals surface area contributed by atoms with Gasteiger partial charge in [0.05, 0.1) is 6.61 Å². The maximum Gasteiger partial charge on any atom is 0.0647 e. The van der Waals surface area contributed by atoms with E-state index in [1.165, 1.54) is 16.7 Å². The van der Waals surface area contributed by atoms with Crippen molar-refractivity contribution in [2.75, 3.05) is 6.61 Å². The minimum atomic E-state index is 0.102. The van der Waals surface area contributed by atoms with Crippen LogP contribution in [0.4, 0.5) is 0 Å². The number of aryl methyl sites for hydroxylation is 1. The first kappa shape index (κ1) is 20.9. The van der Waals surface area contributed by atoms with Crippen LogP contribution in [-0.2, 0) is 0 Å². The predicted octanol–water partition coefficient (Wildman–Crippen LogP) is 6.53. The monoisotopic (exact) mass is 415 g/mol. The molecule has 0 saturated carbocycles. The van der Waals surface area contributed by atoms with Crippen LogP contribution in [0.1, 0.15) is 63.3 Å². The highest BCUT2D eigenvalue weighted by Gasteiger charge is 2.28. The van der Waals surface area contributed by atoms with Crippen molar-refractivity contribution in [2.24, 2.45) is 5.41 Å². The van der Waals surface area contributed by atoms with Crippen LogP contribution < -0.4 is 0 Å². The first-order valence-electron chi connectivity index (χ1n) is 9.26. The Morgan fingerprint density at radius 2 is 1.81 bits per heavy atom. The Kier molecular flexibility index (Phi) is 7.19. The number of pyridine rings is 1. The van der Waals surface area contributed by atoms with Gasteiger partial charge < -0.3 is 5.11 Å². The van der Waals surface area contributed by atoms with Crippen molar-refractivity contribution in [3.8, 4) is 0 Å². The van der Waals surface area contributed by atoms with Crippen LogP contribution in [0.2, 0.25) is 0 Å². The van der Waals surface area contributed by atoms with Gasteiger partial charge >= 0.3 is 0 Å². The summed E-state index contributed by atoms with van der Waals surface area (Å²) in [6.45, 7) is 11.1. The zero-order valence-corrected chi connectivity index (χ0v) is 18.1. The molecule has 140 valence electrons. The number of rotatable bonds is 6.